The van der Waals surface area contributed by atoms with Crippen LogP contribution >= 0.6 is 0 Å². The Bertz CT molecular complexity index is 852. The fraction of sp³-hybridized carbons (Fsp3) is 0.500. The Morgan fingerprint density at radius 3 is 2.35 bits per heavy atom. The summed E-state index contributed by atoms with van der Waals surface area (Å²) in [5.74, 6) is 1.67. The first kappa shape index (κ1) is 17.7. The van der Waals surface area contributed by atoms with Crippen LogP contribution in [0, 0.1) is 0 Å². The van der Waals surface area contributed by atoms with Crippen molar-refractivity contribution in [2.45, 2.75) is 31.8 Å². The quantitative estimate of drug-likeness (QED) is 0.819. The number of rotatable bonds is 5. The first-order valence-corrected chi connectivity index (χ1v) is 10.6. The maximum atomic E-state index is 12.3. The van der Waals surface area contributed by atoms with Crippen LogP contribution in [0.15, 0.2) is 40.9 Å². The van der Waals surface area contributed by atoms with Crippen molar-refractivity contribution in [3.05, 3.63) is 53.7 Å². The van der Waals surface area contributed by atoms with Crippen LogP contribution in [-0.4, -0.2) is 65.0 Å². The van der Waals surface area contributed by atoms with Crippen LogP contribution in [0.4, 0.5) is 0 Å². The molecule has 0 aliphatic carbocycles. The molecular formula is C18H23N3O4S. The van der Waals surface area contributed by atoms with Crippen LogP contribution < -0.4 is 0 Å². The molecule has 0 amide bonds. The highest BCUT2D eigenvalue weighted by Crippen LogP contribution is 2.29. The van der Waals surface area contributed by atoms with Gasteiger partial charge in [-0.15, -0.1) is 0 Å². The van der Waals surface area contributed by atoms with E-state index in [0.717, 1.165) is 24.5 Å². The summed E-state index contributed by atoms with van der Waals surface area (Å²) in [6, 6.07) is 9.36. The number of nitrogens with zero attached hydrogens (tertiary/aromatic N) is 3. The minimum atomic E-state index is -3.05. The lowest BCUT2D eigenvalue weighted by molar-refractivity contribution is 0.0306. The lowest BCUT2D eigenvalue weighted by Crippen LogP contribution is -2.58. The standard InChI is InChI=1S/C18H23N3O4S/c22-11-16-5-4-15(25-16)10-21-8-7-20(9-14-3-1-2-6-19-14)17-12-26(23,24)13-18(17)21/h1-6,17-18,22H,7-13H2/t17-,18+/m1/s1. The van der Waals surface area contributed by atoms with Gasteiger partial charge < -0.3 is 9.52 Å². The van der Waals surface area contributed by atoms with Gasteiger partial charge in [-0.05, 0) is 24.3 Å². The molecule has 140 valence electrons. The highest BCUT2D eigenvalue weighted by atomic mass is 32.2. The van der Waals surface area contributed by atoms with Gasteiger partial charge >= 0.3 is 0 Å². The second-order valence-electron chi connectivity index (χ2n) is 7.00. The summed E-state index contributed by atoms with van der Waals surface area (Å²) in [4.78, 5) is 8.82. The van der Waals surface area contributed by atoms with Crippen molar-refractivity contribution in [1.82, 2.24) is 14.8 Å². The van der Waals surface area contributed by atoms with Crippen molar-refractivity contribution in [1.29, 1.82) is 0 Å². The highest BCUT2D eigenvalue weighted by Gasteiger charge is 2.46. The highest BCUT2D eigenvalue weighted by molar-refractivity contribution is 7.91. The average Bonchev–Trinajstić information content (AvgIpc) is 3.21. The Morgan fingerprint density at radius 1 is 1.04 bits per heavy atom. The number of aliphatic hydroxyl groups excluding tert-OH is 1. The van der Waals surface area contributed by atoms with Gasteiger partial charge in [0.15, 0.2) is 9.84 Å². The summed E-state index contributed by atoms with van der Waals surface area (Å²) in [6.45, 7) is 2.67. The molecule has 0 radical (unpaired) electrons. The SMILES string of the molecule is O=S1(=O)C[C@@H]2[C@H](C1)N(Cc1ccc(CO)o1)CCN2Cc1ccccn1. The molecule has 0 saturated carbocycles. The summed E-state index contributed by atoms with van der Waals surface area (Å²) in [5.41, 5.74) is 0.961. The predicted molar refractivity (Wildman–Crippen MR) is 95.9 cm³/mol. The van der Waals surface area contributed by atoms with E-state index in [4.69, 9.17) is 9.52 Å². The number of aliphatic hydroxyl groups is 1. The van der Waals surface area contributed by atoms with E-state index in [-0.39, 0.29) is 30.2 Å². The Hall–Kier alpha value is -1.74. The number of sulfone groups is 1. The van der Waals surface area contributed by atoms with E-state index in [0.29, 0.717) is 18.8 Å². The monoisotopic (exact) mass is 377 g/mol. The van der Waals surface area contributed by atoms with E-state index < -0.39 is 9.84 Å². The van der Waals surface area contributed by atoms with Crippen LogP contribution in [0.3, 0.4) is 0 Å². The Balaban J connectivity index is 1.51. The normalized spacial score (nSPS) is 26.0. The maximum Gasteiger partial charge on any atom is 0.153 e. The Kier molecular flexibility index (Phi) is 4.83. The molecule has 26 heavy (non-hydrogen) atoms. The zero-order valence-corrected chi connectivity index (χ0v) is 15.3. The van der Waals surface area contributed by atoms with Crippen molar-refractivity contribution in [2.75, 3.05) is 24.6 Å². The fourth-order valence-electron chi connectivity index (χ4n) is 3.98. The molecule has 0 unspecified atom stereocenters. The second kappa shape index (κ2) is 7.11. The van der Waals surface area contributed by atoms with Crippen molar-refractivity contribution in [2.24, 2.45) is 0 Å². The lowest BCUT2D eigenvalue weighted by atomic mass is 10.0. The summed E-state index contributed by atoms with van der Waals surface area (Å²) in [7, 11) is -3.05. The first-order valence-electron chi connectivity index (χ1n) is 8.81. The van der Waals surface area contributed by atoms with Gasteiger partial charge in [-0.2, -0.15) is 0 Å². The van der Waals surface area contributed by atoms with Crippen LogP contribution in [-0.2, 0) is 29.5 Å². The van der Waals surface area contributed by atoms with E-state index >= 15 is 0 Å². The molecule has 2 fully saturated rings. The maximum absolute atomic E-state index is 12.3. The molecule has 7 nitrogen and oxygen atoms in total. The number of fused-ring (bicyclic) bond motifs is 1. The molecule has 2 saturated heterocycles. The minimum absolute atomic E-state index is 0.0250. The number of aromatic nitrogens is 1. The first-order chi connectivity index (χ1) is 12.5. The minimum Gasteiger partial charge on any atom is -0.462 e. The molecule has 2 aliphatic rings. The van der Waals surface area contributed by atoms with E-state index in [9.17, 15) is 8.42 Å². The number of piperazine rings is 1. The topological polar surface area (TPSA) is 86.9 Å². The van der Waals surface area contributed by atoms with Crippen molar-refractivity contribution >= 4 is 9.84 Å². The Labute approximate surface area is 153 Å². The average molecular weight is 377 g/mol. The molecule has 4 heterocycles. The third-order valence-electron chi connectivity index (χ3n) is 5.23. The zero-order chi connectivity index (χ0) is 18.1. The van der Waals surface area contributed by atoms with Crippen molar-refractivity contribution < 1.29 is 17.9 Å². The van der Waals surface area contributed by atoms with Crippen LogP contribution in [0.25, 0.3) is 0 Å². The largest absolute Gasteiger partial charge is 0.462 e. The van der Waals surface area contributed by atoms with Crippen molar-refractivity contribution in [3.63, 3.8) is 0 Å². The lowest BCUT2D eigenvalue weighted by Gasteiger charge is -2.43. The van der Waals surface area contributed by atoms with Gasteiger partial charge in [-0.3, -0.25) is 14.8 Å². The summed E-state index contributed by atoms with van der Waals surface area (Å²) < 4.78 is 30.2. The predicted octanol–water partition coefficient (Wildman–Crippen LogP) is 0.650. The molecule has 0 aromatic carbocycles. The van der Waals surface area contributed by atoms with Gasteiger partial charge in [0.25, 0.3) is 0 Å². The van der Waals surface area contributed by atoms with Gasteiger partial charge in [-0.1, -0.05) is 6.07 Å². The number of hydrogen-bond acceptors (Lipinski definition) is 7. The fourth-order valence-corrected chi connectivity index (χ4v) is 6.02. The van der Waals surface area contributed by atoms with E-state index in [1.54, 1.807) is 12.3 Å². The molecule has 2 atom stereocenters. The Morgan fingerprint density at radius 2 is 1.73 bits per heavy atom. The smallest absolute Gasteiger partial charge is 0.153 e. The molecule has 8 heteroatoms. The molecule has 2 aromatic rings. The summed E-state index contributed by atoms with van der Waals surface area (Å²) >= 11 is 0. The summed E-state index contributed by atoms with van der Waals surface area (Å²) in [6.07, 6.45) is 1.77. The molecule has 1 N–H and O–H groups in total. The van der Waals surface area contributed by atoms with Crippen LogP contribution in [0.5, 0.6) is 0 Å². The third-order valence-corrected chi connectivity index (χ3v) is 6.93. The zero-order valence-electron chi connectivity index (χ0n) is 14.5. The van der Waals surface area contributed by atoms with Gasteiger partial charge in [0.1, 0.15) is 18.1 Å². The molecule has 0 spiro atoms. The van der Waals surface area contributed by atoms with E-state index in [1.807, 2.05) is 24.3 Å². The van der Waals surface area contributed by atoms with Crippen molar-refractivity contribution in [3.8, 4) is 0 Å². The number of furan rings is 1. The van der Waals surface area contributed by atoms with E-state index in [1.165, 1.54) is 0 Å². The van der Waals surface area contributed by atoms with Crippen LogP contribution in [0.2, 0.25) is 0 Å². The molecule has 2 aromatic heterocycles. The van der Waals surface area contributed by atoms with Gasteiger partial charge in [0.2, 0.25) is 0 Å². The van der Waals surface area contributed by atoms with Gasteiger partial charge in [-0.25, -0.2) is 8.42 Å². The number of hydrogen-bond donors (Lipinski definition) is 1. The second-order valence-corrected chi connectivity index (χ2v) is 9.15. The third kappa shape index (κ3) is 3.68. The van der Waals surface area contributed by atoms with Gasteiger partial charge in [0.05, 0.1) is 23.7 Å². The molecule has 2 aliphatic heterocycles. The van der Waals surface area contributed by atoms with E-state index in [2.05, 4.69) is 14.8 Å². The molecular weight excluding hydrogens is 354 g/mol. The molecule has 0 bridgehead atoms. The summed E-state index contributed by atoms with van der Waals surface area (Å²) in [5, 5.41) is 9.15. The van der Waals surface area contributed by atoms with Gasteiger partial charge in [0, 0.05) is 37.9 Å². The number of pyridine rings is 1. The molecule has 4 rings (SSSR count). The van der Waals surface area contributed by atoms with Crippen LogP contribution in [0.1, 0.15) is 17.2 Å².